The summed E-state index contributed by atoms with van der Waals surface area (Å²) < 4.78 is 0. The molecule has 1 aromatic carbocycles. The van der Waals surface area contributed by atoms with Crippen LogP contribution in [0.25, 0.3) is 0 Å². The molecule has 1 fully saturated rings. The quantitative estimate of drug-likeness (QED) is 0.627. The van der Waals surface area contributed by atoms with Crippen LogP contribution in [0.5, 0.6) is 0 Å². The molecule has 23 heavy (non-hydrogen) atoms. The average Bonchev–Trinajstić information content (AvgIpc) is 2.79. The molecule has 0 aliphatic carbocycles. The van der Waals surface area contributed by atoms with E-state index in [2.05, 4.69) is 0 Å². The third-order valence-corrected chi connectivity index (χ3v) is 4.43. The molecule has 0 saturated carbocycles. The van der Waals surface area contributed by atoms with Gasteiger partial charge < -0.3 is 15.5 Å². The third kappa shape index (κ3) is 3.83. The number of Topliss-reactive ketones (excluding diaryl/α,β-unsaturated/α-hetero) is 1. The number of hydrogen-bond acceptors (Lipinski definition) is 4. The summed E-state index contributed by atoms with van der Waals surface area (Å²) in [4.78, 5) is 38.9. The second-order valence-corrected chi connectivity index (χ2v) is 6.21. The molecule has 1 aromatic rings. The molecule has 1 aliphatic heterocycles. The molecule has 124 valence electrons. The zero-order chi connectivity index (χ0) is 17.1. The van der Waals surface area contributed by atoms with Crippen molar-refractivity contribution >= 4 is 40.8 Å². The third-order valence-electron chi connectivity index (χ3n) is 3.69. The van der Waals surface area contributed by atoms with Gasteiger partial charge in [-0.05, 0) is 17.7 Å². The number of ketones is 1. The highest BCUT2D eigenvalue weighted by Crippen LogP contribution is 2.24. The van der Waals surface area contributed by atoms with Gasteiger partial charge >= 0.3 is 0 Å². The minimum Gasteiger partial charge on any atom is -0.341 e. The molecule has 1 heterocycles. The standard InChI is InChI=1S/C15H17Cl2N3O3/c1-19(7-9-2-3-11(16)12(17)6-9)14(22)10-8-20(5-4-18)15(23)13(10)21/h2-3,6,10H,4-5,7-8,18H2,1H3. The molecule has 0 spiro atoms. The first-order valence-corrected chi connectivity index (χ1v) is 7.82. The summed E-state index contributed by atoms with van der Waals surface area (Å²) in [5.41, 5.74) is 6.19. The van der Waals surface area contributed by atoms with E-state index in [1.165, 1.54) is 9.80 Å². The van der Waals surface area contributed by atoms with Crippen molar-refractivity contribution in [3.8, 4) is 0 Å². The second-order valence-electron chi connectivity index (χ2n) is 5.40. The molecule has 2 amide bonds. The Bertz CT molecular complexity index is 651. The topological polar surface area (TPSA) is 83.7 Å². The van der Waals surface area contributed by atoms with Gasteiger partial charge in [0.25, 0.3) is 5.91 Å². The van der Waals surface area contributed by atoms with Crippen molar-refractivity contribution in [2.45, 2.75) is 6.54 Å². The van der Waals surface area contributed by atoms with Crippen molar-refractivity contribution in [2.75, 3.05) is 26.7 Å². The number of carbonyl (C=O) groups excluding carboxylic acids is 3. The Morgan fingerprint density at radius 3 is 2.65 bits per heavy atom. The van der Waals surface area contributed by atoms with Crippen molar-refractivity contribution < 1.29 is 14.4 Å². The normalized spacial score (nSPS) is 17.7. The van der Waals surface area contributed by atoms with Gasteiger partial charge in [0.05, 0.1) is 10.0 Å². The molecule has 0 bridgehead atoms. The van der Waals surface area contributed by atoms with Crippen LogP contribution in [-0.2, 0) is 20.9 Å². The fourth-order valence-electron chi connectivity index (χ4n) is 2.49. The maximum atomic E-state index is 12.4. The maximum Gasteiger partial charge on any atom is 0.290 e. The van der Waals surface area contributed by atoms with E-state index in [1.54, 1.807) is 25.2 Å². The Kier molecular flexibility index (Phi) is 5.62. The van der Waals surface area contributed by atoms with Gasteiger partial charge in [0.1, 0.15) is 5.92 Å². The number of amides is 2. The molecule has 6 nitrogen and oxygen atoms in total. The van der Waals surface area contributed by atoms with Gasteiger partial charge in [0, 0.05) is 33.2 Å². The van der Waals surface area contributed by atoms with Gasteiger partial charge in [-0.25, -0.2) is 0 Å². The summed E-state index contributed by atoms with van der Waals surface area (Å²) in [5.74, 6) is -2.68. The molecule has 1 unspecified atom stereocenters. The second kappa shape index (κ2) is 7.29. The highest BCUT2D eigenvalue weighted by molar-refractivity contribution is 6.42. The summed E-state index contributed by atoms with van der Waals surface area (Å²) in [7, 11) is 1.58. The lowest BCUT2D eigenvalue weighted by atomic mass is 10.1. The minimum atomic E-state index is -0.971. The number of benzene rings is 1. The highest BCUT2D eigenvalue weighted by Gasteiger charge is 2.43. The SMILES string of the molecule is CN(Cc1ccc(Cl)c(Cl)c1)C(=O)C1CN(CCN)C(=O)C1=O. The molecule has 1 saturated heterocycles. The van der Waals surface area contributed by atoms with E-state index in [4.69, 9.17) is 28.9 Å². The van der Waals surface area contributed by atoms with E-state index in [0.717, 1.165) is 5.56 Å². The number of nitrogens with zero attached hydrogens (tertiary/aromatic N) is 2. The van der Waals surface area contributed by atoms with Gasteiger partial charge in [0.15, 0.2) is 0 Å². The molecule has 8 heteroatoms. The number of hydrogen-bond donors (Lipinski definition) is 1. The largest absolute Gasteiger partial charge is 0.341 e. The van der Waals surface area contributed by atoms with Crippen LogP contribution >= 0.6 is 23.2 Å². The fourth-order valence-corrected chi connectivity index (χ4v) is 2.81. The van der Waals surface area contributed by atoms with Crippen LogP contribution in [-0.4, -0.2) is 54.1 Å². The Hall–Kier alpha value is -1.63. The molecule has 1 atom stereocenters. The predicted molar refractivity (Wildman–Crippen MR) is 87.1 cm³/mol. The molecular weight excluding hydrogens is 341 g/mol. The Balaban J connectivity index is 2.06. The summed E-state index contributed by atoms with van der Waals surface area (Å²) >= 11 is 11.8. The van der Waals surface area contributed by atoms with Gasteiger partial charge in [-0.2, -0.15) is 0 Å². The van der Waals surface area contributed by atoms with Crippen LogP contribution in [0, 0.1) is 5.92 Å². The van der Waals surface area contributed by atoms with Gasteiger partial charge in [-0.3, -0.25) is 14.4 Å². The summed E-state index contributed by atoms with van der Waals surface area (Å²) in [5, 5.41) is 0.824. The number of carbonyl (C=O) groups is 3. The number of likely N-dealkylation sites (tertiary alicyclic amines) is 1. The lowest BCUT2D eigenvalue weighted by Crippen LogP contribution is -2.37. The van der Waals surface area contributed by atoms with Crippen molar-refractivity contribution in [2.24, 2.45) is 11.7 Å². The van der Waals surface area contributed by atoms with Crippen molar-refractivity contribution in [1.82, 2.24) is 9.80 Å². The van der Waals surface area contributed by atoms with Crippen LogP contribution in [0.1, 0.15) is 5.56 Å². The number of rotatable bonds is 5. The van der Waals surface area contributed by atoms with Crippen LogP contribution in [0.2, 0.25) is 10.0 Å². The Morgan fingerprint density at radius 1 is 1.35 bits per heavy atom. The average molecular weight is 358 g/mol. The van der Waals surface area contributed by atoms with Crippen molar-refractivity contribution in [3.05, 3.63) is 33.8 Å². The van der Waals surface area contributed by atoms with Crippen molar-refractivity contribution in [1.29, 1.82) is 0 Å². The summed E-state index contributed by atoms with van der Waals surface area (Å²) in [6.45, 7) is 0.869. The zero-order valence-corrected chi connectivity index (χ0v) is 14.1. The fraction of sp³-hybridized carbons (Fsp3) is 0.400. The van der Waals surface area contributed by atoms with Crippen LogP contribution in [0.15, 0.2) is 18.2 Å². The van der Waals surface area contributed by atoms with E-state index < -0.39 is 23.5 Å². The van der Waals surface area contributed by atoms with E-state index in [1.807, 2.05) is 0 Å². The molecule has 0 radical (unpaired) electrons. The number of nitrogens with two attached hydrogens (primary N) is 1. The summed E-state index contributed by atoms with van der Waals surface area (Å²) in [6, 6.07) is 5.06. The minimum absolute atomic E-state index is 0.0828. The maximum absolute atomic E-state index is 12.4. The van der Waals surface area contributed by atoms with Gasteiger partial charge in [-0.1, -0.05) is 29.3 Å². The van der Waals surface area contributed by atoms with Crippen molar-refractivity contribution in [3.63, 3.8) is 0 Å². The van der Waals surface area contributed by atoms with Crippen LogP contribution in [0.4, 0.5) is 0 Å². The molecule has 1 aliphatic rings. The zero-order valence-electron chi connectivity index (χ0n) is 12.6. The van der Waals surface area contributed by atoms with E-state index in [9.17, 15) is 14.4 Å². The first-order valence-electron chi connectivity index (χ1n) is 7.07. The van der Waals surface area contributed by atoms with E-state index in [0.29, 0.717) is 10.0 Å². The first-order chi connectivity index (χ1) is 10.8. The molecule has 0 aromatic heterocycles. The monoisotopic (exact) mass is 357 g/mol. The lowest BCUT2D eigenvalue weighted by molar-refractivity contribution is -0.144. The molecule has 2 N–H and O–H groups in total. The lowest BCUT2D eigenvalue weighted by Gasteiger charge is -2.20. The van der Waals surface area contributed by atoms with E-state index in [-0.39, 0.29) is 26.2 Å². The predicted octanol–water partition coefficient (Wildman–Crippen LogP) is 0.938. The Morgan fingerprint density at radius 2 is 2.04 bits per heavy atom. The number of halogens is 2. The molecular formula is C15H17Cl2N3O3. The van der Waals surface area contributed by atoms with E-state index >= 15 is 0 Å². The van der Waals surface area contributed by atoms with Gasteiger partial charge in [0.2, 0.25) is 11.7 Å². The molecule has 2 rings (SSSR count). The Labute approximate surface area is 144 Å². The van der Waals surface area contributed by atoms with Crippen LogP contribution in [0.3, 0.4) is 0 Å². The highest BCUT2D eigenvalue weighted by atomic mass is 35.5. The smallest absolute Gasteiger partial charge is 0.290 e. The first kappa shape index (κ1) is 17.7. The summed E-state index contributed by atoms with van der Waals surface area (Å²) in [6.07, 6.45) is 0. The van der Waals surface area contributed by atoms with Gasteiger partial charge in [-0.15, -0.1) is 0 Å². The van der Waals surface area contributed by atoms with Crippen LogP contribution < -0.4 is 5.73 Å².